The standard InChI is InChI=1S/C16H12Br2N4O4/c17-11-1-3-13(23)9(5-11)7-19-21-15(25)16(26)22-20-8-10-6-12(18)2-4-14(10)24/h1-8,23-24H,(H,21,25)(H,22,26)/b19-7-,20-8-. The maximum atomic E-state index is 11.6. The molecule has 0 bridgehead atoms. The first-order valence-electron chi connectivity index (χ1n) is 7.00. The number of benzene rings is 2. The van der Waals surface area contributed by atoms with E-state index in [-0.39, 0.29) is 11.5 Å². The molecule has 0 aliphatic heterocycles. The van der Waals surface area contributed by atoms with Gasteiger partial charge in [-0.2, -0.15) is 10.2 Å². The topological polar surface area (TPSA) is 123 Å². The lowest BCUT2D eigenvalue weighted by molar-refractivity contribution is -0.139. The van der Waals surface area contributed by atoms with Gasteiger partial charge in [0.15, 0.2) is 0 Å². The van der Waals surface area contributed by atoms with Crippen LogP contribution in [0.4, 0.5) is 0 Å². The van der Waals surface area contributed by atoms with Crippen molar-refractivity contribution in [3.8, 4) is 11.5 Å². The Labute approximate surface area is 164 Å². The van der Waals surface area contributed by atoms with Crippen LogP contribution in [0.3, 0.4) is 0 Å². The van der Waals surface area contributed by atoms with Gasteiger partial charge in [-0.05, 0) is 36.4 Å². The molecule has 2 aromatic rings. The van der Waals surface area contributed by atoms with E-state index in [1.165, 1.54) is 24.6 Å². The second-order valence-electron chi connectivity index (χ2n) is 4.80. The van der Waals surface area contributed by atoms with Crippen LogP contribution < -0.4 is 10.9 Å². The fraction of sp³-hybridized carbons (Fsp3) is 0. The van der Waals surface area contributed by atoms with Crippen molar-refractivity contribution in [3.05, 3.63) is 56.5 Å². The summed E-state index contributed by atoms with van der Waals surface area (Å²) in [4.78, 5) is 23.2. The number of carbonyl (C=O) groups excluding carboxylic acids is 2. The minimum absolute atomic E-state index is 0.0333. The van der Waals surface area contributed by atoms with Crippen LogP contribution in [0.5, 0.6) is 11.5 Å². The largest absolute Gasteiger partial charge is 0.507 e. The number of phenolic OH excluding ortho intramolecular Hbond substituents is 2. The molecule has 0 radical (unpaired) electrons. The lowest BCUT2D eigenvalue weighted by Gasteiger charge is -2.01. The monoisotopic (exact) mass is 482 g/mol. The molecule has 0 aliphatic rings. The highest BCUT2D eigenvalue weighted by Crippen LogP contribution is 2.20. The van der Waals surface area contributed by atoms with E-state index >= 15 is 0 Å². The summed E-state index contributed by atoms with van der Waals surface area (Å²) in [6, 6.07) is 9.34. The average Bonchev–Trinajstić information content (AvgIpc) is 2.60. The molecule has 134 valence electrons. The number of hydrogen-bond donors (Lipinski definition) is 4. The zero-order valence-electron chi connectivity index (χ0n) is 13.0. The van der Waals surface area contributed by atoms with Crippen molar-refractivity contribution in [2.75, 3.05) is 0 Å². The van der Waals surface area contributed by atoms with Gasteiger partial charge in [-0.25, -0.2) is 10.9 Å². The van der Waals surface area contributed by atoms with Crippen LogP contribution in [0, 0.1) is 0 Å². The van der Waals surface area contributed by atoms with Crippen LogP contribution in [0.25, 0.3) is 0 Å². The molecule has 0 aromatic heterocycles. The molecule has 4 N–H and O–H groups in total. The van der Waals surface area contributed by atoms with E-state index < -0.39 is 11.8 Å². The molecule has 0 unspecified atom stereocenters. The highest BCUT2D eigenvalue weighted by molar-refractivity contribution is 9.10. The molecule has 2 amide bonds. The van der Waals surface area contributed by atoms with Crippen molar-refractivity contribution < 1.29 is 19.8 Å². The number of phenols is 2. The first-order valence-corrected chi connectivity index (χ1v) is 8.59. The van der Waals surface area contributed by atoms with Crippen molar-refractivity contribution in [3.63, 3.8) is 0 Å². The van der Waals surface area contributed by atoms with E-state index in [1.807, 2.05) is 10.9 Å². The number of hydrazone groups is 2. The smallest absolute Gasteiger partial charge is 0.331 e. The Morgan fingerprint density at radius 3 is 1.58 bits per heavy atom. The van der Waals surface area contributed by atoms with Gasteiger partial charge < -0.3 is 10.2 Å². The van der Waals surface area contributed by atoms with E-state index in [0.29, 0.717) is 20.1 Å². The first-order chi connectivity index (χ1) is 12.4. The summed E-state index contributed by atoms with van der Waals surface area (Å²) in [6.07, 6.45) is 2.38. The number of nitrogens with zero attached hydrogens (tertiary/aromatic N) is 2. The van der Waals surface area contributed by atoms with Gasteiger partial charge in [-0.3, -0.25) is 9.59 Å². The minimum atomic E-state index is -1.05. The Hall–Kier alpha value is -2.72. The van der Waals surface area contributed by atoms with Crippen molar-refractivity contribution >= 4 is 56.1 Å². The summed E-state index contributed by atoms with van der Waals surface area (Å²) < 4.78 is 1.43. The number of halogens is 2. The number of nitrogens with one attached hydrogen (secondary N) is 2. The third-order valence-corrected chi connectivity index (χ3v) is 3.91. The van der Waals surface area contributed by atoms with Gasteiger partial charge in [-0.1, -0.05) is 31.9 Å². The van der Waals surface area contributed by atoms with Crippen LogP contribution in [0.1, 0.15) is 11.1 Å². The van der Waals surface area contributed by atoms with E-state index in [1.54, 1.807) is 24.3 Å². The third-order valence-electron chi connectivity index (χ3n) is 2.92. The Morgan fingerprint density at radius 1 is 0.808 bits per heavy atom. The van der Waals surface area contributed by atoms with Crippen molar-refractivity contribution in [1.29, 1.82) is 0 Å². The Kier molecular flexibility index (Phi) is 6.87. The molecule has 0 spiro atoms. The molecule has 0 atom stereocenters. The Balaban J connectivity index is 1.90. The van der Waals surface area contributed by atoms with Crippen LogP contribution in [-0.2, 0) is 9.59 Å². The average molecular weight is 484 g/mol. The predicted octanol–water partition coefficient (Wildman–Crippen LogP) is 2.22. The van der Waals surface area contributed by atoms with Gasteiger partial charge in [0.1, 0.15) is 11.5 Å². The Bertz CT molecular complexity index is 826. The van der Waals surface area contributed by atoms with Crippen molar-refractivity contribution in [1.82, 2.24) is 10.9 Å². The summed E-state index contributed by atoms with van der Waals surface area (Å²) in [5, 5.41) is 26.4. The van der Waals surface area contributed by atoms with Crippen molar-refractivity contribution in [2.24, 2.45) is 10.2 Å². The molecule has 0 heterocycles. The molecule has 10 heteroatoms. The zero-order valence-corrected chi connectivity index (χ0v) is 16.2. The fourth-order valence-electron chi connectivity index (χ4n) is 1.68. The lowest BCUT2D eigenvalue weighted by atomic mass is 10.2. The molecule has 0 fully saturated rings. The molecule has 26 heavy (non-hydrogen) atoms. The second-order valence-corrected chi connectivity index (χ2v) is 6.64. The molecule has 2 rings (SSSR count). The summed E-state index contributed by atoms with van der Waals surface area (Å²) in [5.74, 6) is -2.17. The molecule has 0 saturated carbocycles. The van der Waals surface area contributed by atoms with Crippen LogP contribution >= 0.6 is 31.9 Å². The minimum Gasteiger partial charge on any atom is -0.507 e. The summed E-state index contributed by atoms with van der Waals surface area (Å²) in [7, 11) is 0. The summed E-state index contributed by atoms with van der Waals surface area (Å²) >= 11 is 6.47. The SMILES string of the molecule is O=C(N/N=C\c1cc(Br)ccc1O)C(=O)N/N=C\c1cc(Br)ccc1O. The quantitative estimate of drug-likeness (QED) is 0.302. The van der Waals surface area contributed by atoms with Gasteiger partial charge in [0.05, 0.1) is 12.4 Å². The number of rotatable bonds is 4. The normalized spacial score (nSPS) is 11.0. The Morgan fingerprint density at radius 2 is 1.19 bits per heavy atom. The number of hydrogen-bond acceptors (Lipinski definition) is 6. The molecule has 8 nitrogen and oxygen atoms in total. The number of carbonyl (C=O) groups is 2. The highest BCUT2D eigenvalue weighted by atomic mass is 79.9. The van der Waals surface area contributed by atoms with Crippen LogP contribution in [0.2, 0.25) is 0 Å². The molecule has 2 aromatic carbocycles. The third kappa shape index (κ3) is 5.67. The molecular weight excluding hydrogens is 472 g/mol. The second kappa shape index (κ2) is 9.11. The van der Waals surface area contributed by atoms with Gasteiger partial charge >= 0.3 is 11.8 Å². The predicted molar refractivity (Wildman–Crippen MR) is 103 cm³/mol. The highest BCUT2D eigenvalue weighted by Gasteiger charge is 2.11. The summed E-state index contributed by atoms with van der Waals surface area (Å²) in [6.45, 7) is 0. The molecule has 0 saturated heterocycles. The maximum absolute atomic E-state index is 11.6. The van der Waals surface area contributed by atoms with E-state index in [2.05, 4.69) is 42.1 Å². The van der Waals surface area contributed by atoms with E-state index in [9.17, 15) is 19.8 Å². The van der Waals surface area contributed by atoms with Crippen LogP contribution in [-0.4, -0.2) is 34.5 Å². The summed E-state index contributed by atoms with van der Waals surface area (Å²) in [5.41, 5.74) is 4.72. The van der Waals surface area contributed by atoms with E-state index in [4.69, 9.17) is 0 Å². The number of aromatic hydroxyl groups is 2. The zero-order chi connectivity index (χ0) is 19.1. The lowest BCUT2D eigenvalue weighted by Crippen LogP contribution is -2.35. The van der Waals surface area contributed by atoms with Crippen LogP contribution in [0.15, 0.2) is 55.5 Å². The van der Waals surface area contributed by atoms with Gasteiger partial charge in [-0.15, -0.1) is 0 Å². The van der Waals surface area contributed by atoms with Gasteiger partial charge in [0, 0.05) is 20.1 Å². The fourth-order valence-corrected chi connectivity index (χ4v) is 2.44. The van der Waals surface area contributed by atoms with E-state index in [0.717, 1.165) is 0 Å². The van der Waals surface area contributed by atoms with Gasteiger partial charge in [0.2, 0.25) is 0 Å². The van der Waals surface area contributed by atoms with Crippen molar-refractivity contribution in [2.45, 2.75) is 0 Å². The molecule has 0 aliphatic carbocycles. The number of amides is 2. The maximum Gasteiger partial charge on any atom is 0.331 e. The molecular formula is C16H12Br2N4O4. The first kappa shape index (κ1) is 19.6. The van der Waals surface area contributed by atoms with Gasteiger partial charge in [0.25, 0.3) is 0 Å².